The number of aromatic nitrogens is 1. The Kier molecular flexibility index (Phi) is 7.91. The Bertz CT molecular complexity index is 1450. The maximum atomic E-state index is 13.0. The van der Waals surface area contributed by atoms with Crippen molar-refractivity contribution in [3.8, 4) is 17.2 Å². The zero-order valence-corrected chi connectivity index (χ0v) is 21.9. The molecule has 0 atom stereocenters. The van der Waals surface area contributed by atoms with E-state index < -0.39 is 5.97 Å². The smallest absolute Gasteiger partial charge is 0.318 e. The third-order valence-electron chi connectivity index (χ3n) is 6.87. The molecule has 0 saturated heterocycles. The highest BCUT2D eigenvalue weighted by atomic mass is 16.5. The highest BCUT2D eigenvalue weighted by Crippen LogP contribution is 2.34. The first kappa shape index (κ1) is 26.0. The molecular weight excluding hydrogens is 494 g/mol. The van der Waals surface area contributed by atoms with Crippen molar-refractivity contribution >= 4 is 12.0 Å². The number of rotatable bonds is 10. The second-order valence-corrected chi connectivity index (χ2v) is 9.56. The van der Waals surface area contributed by atoms with Crippen LogP contribution in [0.5, 0.6) is 5.75 Å². The van der Waals surface area contributed by atoms with Gasteiger partial charge in [-0.05, 0) is 48.2 Å². The zero-order valence-electron chi connectivity index (χ0n) is 21.9. The van der Waals surface area contributed by atoms with E-state index in [0.29, 0.717) is 50.7 Å². The quantitative estimate of drug-likeness (QED) is 0.283. The van der Waals surface area contributed by atoms with Crippen LogP contribution in [0.3, 0.4) is 0 Å². The van der Waals surface area contributed by atoms with Crippen molar-refractivity contribution < 1.29 is 23.8 Å². The number of oxazole rings is 1. The molecule has 0 bridgehead atoms. The first-order valence-corrected chi connectivity index (χ1v) is 13.0. The normalized spacial score (nSPS) is 12.3. The van der Waals surface area contributed by atoms with Gasteiger partial charge in [0.15, 0.2) is 0 Å². The number of hydrogen-bond acceptors (Lipinski definition) is 5. The summed E-state index contributed by atoms with van der Waals surface area (Å²) in [4.78, 5) is 30.6. The van der Waals surface area contributed by atoms with Crippen LogP contribution in [0.1, 0.15) is 40.1 Å². The summed E-state index contributed by atoms with van der Waals surface area (Å²) in [5.74, 6) is 1.20. The van der Waals surface area contributed by atoms with Crippen LogP contribution in [0.4, 0.5) is 4.79 Å². The van der Waals surface area contributed by atoms with Crippen molar-refractivity contribution in [3.05, 3.63) is 107 Å². The Balaban J connectivity index is 1.27. The Labute approximate surface area is 227 Å². The van der Waals surface area contributed by atoms with Crippen LogP contribution in [-0.4, -0.2) is 33.6 Å². The molecule has 0 aliphatic carbocycles. The molecule has 0 radical (unpaired) electrons. The number of carbonyl (C=O) groups is 2. The van der Waals surface area contributed by atoms with Crippen LogP contribution in [0.15, 0.2) is 77.2 Å². The molecule has 0 unspecified atom stereocenters. The van der Waals surface area contributed by atoms with E-state index in [9.17, 15) is 14.7 Å². The second kappa shape index (κ2) is 11.9. The fraction of sp³-hybridized carbons (Fsp3) is 0.258. The largest absolute Gasteiger partial charge is 0.493 e. The predicted molar refractivity (Wildman–Crippen MR) is 146 cm³/mol. The van der Waals surface area contributed by atoms with E-state index in [-0.39, 0.29) is 12.5 Å². The summed E-state index contributed by atoms with van der Waals surface area (Å²) in [5.41, 5.74) is 5.60. The van der Waals surface area contributed by atoms with Crippen molar-refractivity contribution in [2.24, 2.45) is 0 Å². The molecule has 2 amide bonds. The highest BCUT2D eigenvalue weighted by Gasteiger charge is 2.28. The molecule has 8 heteroatoms. The van der Waals surface area contributed by atoms with Crippen molar-refractivity contribution in [2.75, 3.05) is 6.61 Å². The molecule has 1 aliphatic rings. The fourth-order valence-corrected chi connectivity index (χ4v) is 4.79. The lowest BCUT2D eigenvalue weighted by molar-refractivity contribution is -0.136. The van der Waals surface area contributed by atoms with Gasteiger partial charge in [0, 0.05) is 37.1 Å². The number of amides is 2. The van der Waals surface area contributed by atoms with E-state index in [2.05, 4.69) is 10.3 Å². The first-order chi connectivity index (χ1) is 19.0. The zero-order chi connectivity index (χ0) is 27.2. The summed E-state index contributed by atoms with van der Waals surface area (Å²) in [6.07, 6.45) is 0.999. The highest BCUT2D eigenvalue weighted by molar-refractivity contribution is 5.75. The van der Waals surface area contributed by atoms with Gasteiger partial charge in [-0.25, -0.2) is 9.78 Å². The van der Waals surface area contributed by atoms with Gasteiger partial charge >= 0.3 is 12.0 Å². The predicted octanol–water partition coefficient (Wildman–Crippen LogP) is 5.51. The molecule has 8 nitrogen and oxygen atoms in total. The lowest BCUT2D eigenvalue weighted by atomic mass is 9.99. The number of urea groups is 1. The molecule has 39 heavy (non-hydrogen) atoms. The number of fused-ring (bicyclic) bond motifs is 1. The summed E-state index contributed by atoms with van der Waals surface area (Å²) in [6, 6.07) is 23.1. The number of carboxylic acid groups (broad SMARTS) is 1. The van der Waals surface area contributed by atoms with E-state index in [4.69, 9.17) is 9.15 Å². The minimum atomic E-state index is -0.850. The maximum absolute atomic E-state index is 13.0. The van der Waals surface area contributed by atoms with Crippen LogP contribution in [0, 0.1) is 6.92 Å². The number of hydrogen-bond donors (Lipinski definition) is 2. The molecule has 0 fully saturated rings. The van der Waals surface area contributed by atoms with Gasteiger partial charge in [0.05, 0.1) is 18.8 Å². The van der Waals surface area contributed by atoms with Crippen molar-refractivity contribution in [3.63, 3.8) is 0 Å². The summed E-state index contributed by atoms with van der Waals surface area (Å²) >= 11 is 0. The van der Waals surface area contributed by atoms with Crippen molar-refractivity contribution in [1.82, 2.24) is 15.2 Å². The number of nitrogens with zero attached hydrogens (tertiary/aromatic N) is 2. The lowest BCUT2D eigenvalue weighted by Gasteiger charge is -2.16. The van der Waals surface area contributed by atoms with Gasteiger partial charge in [-0.15, -0.1) is 0 Å². The van der Waals surface area contributed by atoms with Gasteiger partial charge in [-0.2, -0.15) is 0 Å². The van der Waals surface area contributed by atoms with E-state index in [0.717, 1.165) is 39.3 Å². The van der Waals surface area contributed by atoms with Crippen molar-refractivity contribution in [2.45, 2.75) is 45.8 Å². The Morgan fingerprint density at radius 3 is 2.44 bits per heavy atom. The number of nitrogens with one attached hydrogen (secondary N) is 1. The molecular formula is C31H31N3O5. The molecule has 5 rings (SSSR count). The van der Waals surface area contributed by atoms with Crippen LogP contribution in [0.25, 0.3) is 11.5 Å². The molecule has 1 aromatic heterocycles. The average molecular weight is 526 g/mol. The van der Waals surface area contributed by atoms with Gasteiger partial charge in [0.25, 0.3) is 0 Å². The standard InChI is InChI=1S/C31H31N3O5/c1-21-27(33-30(39-21)24-10-6-3-7-11-24)16-17-38-28-14-12-23(13-15-29(35)36)25-19-34(20-26(25)28)31(37)32-18-22-8-4-2-5-9-22/h2-12,14H,13,15-20H2,1H3,(H,32,37)(H,35,36). The van der Waals surface area contributed by atoms with Crippen LogP contribution in [0.2, 0.25) is 0 Å². The van der Waals surface area contributed by atoms with Crippen molar-refractivity contribution in [1.29, 1.82) is 0 Å². The minimum absolute atomic E-state index is 0.0298. The summed E-state index contributed by atoms with van der Waals surface area (Å²) in [7, 11) is 0. The number of carboxylic acids is 1. The number of aryl methyl sites for hydroxylation is 2. The second-order valence-electron chi connectivity index (χ2n) is 9.56. The molecule has 0 spiro atoms. The molecule has 4 aromatic rings. The van der Waals surface area contributed by atoms with Gasteiger partial charge < -0.3 is 24.5 Å². The molecule has 1 aliphatic heterocycles. The fourth-order valence-electron chi connectivity index (χ4n) is 4.79. The molecule has 200 valence electrons. The van der Waals surface area contributed by atoms with Gasteiger partial charge in [-0.1, -0.05) is 54.6 Å². The molecule has 0 saturated carbocycles. The lowest BCUT2D eigenvalue weighted by Crippen LogP contribution is -2.36. The van der Waals surface area contributed by atoms with Gasteiger partial charge in [0.1, 0.15) is 11.5 Å². The minimum Gasteiger partial charge on any atom is -0.493 e. The number of carbonyl (C=O) groups excluding carboxylic acids is 1. The van der Waals surface area contributed by atoms with E-state index >= 15 is 0 Å². The number of benzene rings is 3. The summed E-state index contributed by atoms with van der Waals surface area (Å²) < 4.78 is 12.1. The van der Waals surface area contributed by atoms with Crippen LogP contribution >= 0.6 is 0 Å². The molecule has 3 aromatic carbocycles. The topological polar surface area (TPSA) is 105 Å². The van der Waals surface area contributed by atoms with E-state index in [1.807, 2.05) is 79.7 Å². The molecule has 2 N–H and O–H groups in total. The van der Waals surface area contributed by atoms with E-state index in [1.54, 1.807) is 4.90 Å². The monoisotopic (exact) mass is 525 g/mol. The average Bonchev–Trinajstić information content (AvgIpc) is 3.57. The summed E-state index contributed by atoms with van der Waals surface area (Å²) in [5, 5.41) is 12.2. The van der Waals surface area contributed by atoms with Gasteiger partial charge in [0.2, 0.25) is 5.89 Å². The van der Waals surface area contributed by atoms with Gasteiger partial charge in [-0.3, -0.25) is 4.79 Å². The number of aliphatic carboxylic acids is 1. The van der Waals surface area contributed by atoms with Crippen LogP contribution < -0.4 is 10.1 Å². The van der Waals surface area contributed by atoms with E-state index in [1.165, 1.54) is 0 Å². The Morgan fingerprint density at radius 1 is 0.974 bits per heavy atom. The summed E-state index contributed by atoms with van der Waals surface area (Å²) in [6.45, 7) is 3.53. The number of ether oxygens (including phenoxy) is 1. The SMILES string of the molecule is Cc1oc(-c2ccccc2)nc1CCOc1ccc(CCC(=O)O)c2c1CN(C(=O)NCc1ccccc1)C2. The van der Waals surface area contributed by atoms with Crippen LogP contribution in [-0.2, 0) is 37.3 Å². The third kappa shape index (κ3) is 6.29. The Morgan fingerprint density at radius 2 is 1.69 bits per heavy atom. The molecule has 2 heterocycles. The first-order valence-electron chi connectivity index (χ1n) is 13.0. The maximum Gasteiger partial charge on any atom is 0.318 e. The third-order valence-corrected chi connectivity index (χ3v) is 6.87. The Hall–Kier alpha value is -4.59.